The van der Waals surface area contributed by atoms with Gasteiger partial charge >= 0.3 is 11.8 Å². The van der Waals surface area contributed by atoms with Crippen LogP contribution in [0.2, 0.25) is 0 Å². The van der Waals surface area contributed by atoms with Crippen LogP contribution < -0.4 is 10.7 Å². The average Bonchev–Trinajstić information content (AvgIpc) is 2.51. The molecule has 0 atom stereocenters. The maximum atomic E-state index is 11.7. The Morgan fingerprint density at radius 2 is 1.73 bits per heavy atom. The molecule has 112 valence electrons. The molecule has 0 saturated carbocycles. The topological polar surface area (TPSA) is 90.8 Å². The Morgan fingerprint density at radius 3 is 2.41 bits per heavy atom. The van der Waals surface area contributed by atoms with Crippen molar-refractivity contribution in [3.8, 4) is 5.75 Å². The first-order valence-electron chi connectivity index (χ1n) is 6.55. The van der Waals surface area contributed by atoms with Crippen molar-refractivity contribution >= 4 is 23.7 Å². The van der Waals surface area contributed by atoms with E-state index in [1.807, 2.05) is 19.1 Å². The minimum absolute atomic E-state index is 0.0320. The summed E-state index contributed by atoms with van der Waals surface area (Å²) >= 11 is 0. The summed E-state index contributed by atoms with van der Waals surface area (Å²) in [5.74, 6) is -1.69. The van der Waals surface area contributed by atoms with Crippen molar-refractivity contribution in [3.05, 3.63) is 59.7 Å². The molecule has 0 radical (unpaired) electrons. The van der Waals surface area contributed by atoms with Crippen LogP contribution in [-0.2, 0) is 9.59 Å². The summed E-state index contributed by atoms with van der Waals surface area (Å²) < 4.78 is 0. The number of hydrazone groups is 1. The number of phenols is 1. The highest BCUT2D eigenvalue weighted by atomic mass is 16.3. The van der Waals surface area contributed by atoms with E-state index in [9.17, 15) is 14.7 Å². The summed E-state index contributed by atoms with van der Waals surface area (Å²) in [5.41, 5.74) is 4.10. The molecule has 0 unspecified atom stereocenters. The lowest BCUT2D eigenvalue weighted by atomic mass is 10.2. The highest BCUT2D eigenvalue weighted by Gasteiger charge is 2.12. The van der Waals surface area contributed by atoms with Gasteiger partial charge in [-0.15, -0.1) is 0 Å². The number of hydrogen-bond donors (Lipinski definition) is 3. The molecule has 0 aromatic heterocycles. The van der Waals surface area contributed by atoms with Crippen molar-refractivity contribution in [2.45, 2.75) is 6.92 Å². The summed E-state index contributed by atoms with van der Waals surface area (Å²) in [7, 11) is 0. The third-order valence-corrected chi connectivity index (χ3v) is 2.82. The summed E-state index contributed by atoms with van der Waals surface area (Å²) in [6.07, 6.45) is 1.26. The predicted octanol–water partition coefficient (Wildman–Crippen LogP) is 1.79. The Kier molecular flexibility index (Phi) is 4.87. The van der Waals surface area contributed by atoms with Crippen LogP contribution in [0.1, 0.15) is 11.1 Å². The van der Waals surface area contributed by atoms with Gasteiger partial charge in [0.2, 0.25) is 0 Å². The molecule has 0 aliphatic heterocycles. The van der Waals surface area contributed by atoms with Crippen LogP contribution in [0, 0.1) is 6.92 Å². The number of benzene rings is 2. The lowest BCUT2D eigenvalue weighted by molar-refractivity contribution is -0.136. The number of aromatic hydroxyl groups is 1. The first-order valence-corrected chi connectivity index (χ1v) is 6.55. The number of rotatable bonds is 3. The predicted molar refractivity (Wildman–Crippen MR) is 83.7 cm³/mol. The van der Waals surface area contributed by atoms with Crippen LogP contribution >= 0.6 is 0 Å². The molecular formula is C16H15N3O3. The van der Waals surface area contributed by atoms with Crippen molar-refractivity contribution in [1.82, 2.24) is 5.43 Å². The van der Waals surface area contributed by atoms with E-state index in [4.69, 9.17) is 0 Å². The Balaban J connectivity index is 1.90. The largest absolute Gasteiger partial charge is 0.507 e. The molecule has 2 amide bonds. The minimum Gasteiger partial charge on any atom is -0.507 e. The highest BCUT2D eigenvalue weighted by molar-refractivity contribution is 6.39. The van der Waals surface area contributed by atoms with Crippen LogP contribution in [0.25, 0.3) is 0 Å². The van der Waals surface area contributed by atoms with Crippen LogP contribution in [-0.4, -0.2) is 23.1 Å². The summed E-state index contributed by atoms with van der Waals surface area (Å²) in [5, 5.41) is 15.6. The van der Waals surface area contributed by atoms with E-state index in [2.05, 4.69) is 15.8 Å². The number of aryl methyl sites for hydroxylation is 1. The quantitative estimate of drug-likeness (QED) is 0.458. The Morgan fingerprint density at radius 1 is 1.05 bits per heavy atom. The Bertz CT molecular complexity index is 709. The average molecular weight is 297 g/mol. The number of anilines is 1. The fraction of sp³-hybridized carbons (Fsp3) is 0.0625. The molecule has 2 rings (SSSR count). The molecule has 6 heteroatoms. The Labute approximate surface area is 127 Å². The second kappa shape index (κ2) is 7.03. The normalized spacial score (nSPS) is 10.4. The van der Waals surface area contributed by atoms with Gasteiger partial charge in [-0.3, -0.25) is 9.59 Å². The molecule has 0 aliphatic carbocycles. The lowest BCUT2D eigenvalue weighted by Gasteiger charge is -2.04. The van der Waals surface area contributed by atoms with Gasteiger partial charge in [0.05, 0.1) is 6.21 Å². The van der Waals surface area contributed by atoms with Gasteiger partial charge < -0.3 is 10.4 Å². The smallest absolute Gasteiger partial charge is 0.329 e. The van der Waals surface area contributed by atoms with Gasteiger partial charge in [0.15, 0.2) is 0 Å². The van der Waals surface area contributed by atoms with E-state index >= 15 is 0 Å². The van der Waals surface area contributed by atoms with E-state index < -0.39 is 11.8 Å². The number of nitrogens with zero attached hydrogens (tertiary/aromatic N) is 1. The number of para-hydroxylation sites is 1. The molecule has 2 aromatic rings. The van der Waals surface area contributed by atoms with E-state index in [0.717, 1.165) is 5.56 Å². The van der Waals surface area contributed by atoms with Gasteiger partial charge in [0.1, 0.15) is 5.75 Å². The fourth-order valence-electron chi connectivity index (χ4n) is 1.63. The maximum Gasteiger partial charge on any atom is 0.329 e. The van der Waals surface area contributed by atoms with Crippen LogP contribution in [0.4, 0.5) is 5.69 Å². The van der Waals surface area contributed by atoms with Crippen molar-refractivity contribution in [1.29, 1.82) is 0 Å². The number of carbonyl (C=O) groups is 2. The van der Waals surface area contributed by atoms with Crippen LogP contribution in [0.15, 0.2) is 53.6 Å². The third kappa shape index (κ3) is 4.17. The van der Waals surface area contributed by atoms with E-state index in [-0.39, 0.29) is 5.75 Å². The fourth-order valence-corrected chi connectivity index (χ4v) is 1.63. The molecule has 0 fully saturated rings. The minimum atomic E-state index is -0.896. The van der Waals surface area contributed by atoms with Gasteiger partial charge in [-0.2, -0.15) is 5.10 Å². The molecule has 3 N–H and O–H groups in total. The zero-order chi connectivity index (χ0) is 15.9. The monoisotopic (exact) mass is 297 g/mol. The first-order chi connectivity index (χ1) is 10.6. The van der Waals surface area contributed by atoms with Crippen molar-refractivity contribution in [2.75, 3.05) is 5.32 Å². The van der Waals surface area contributed by atoms with E-state index in [1.54, 1.807) is 30.3 Å². The highest BCUT2D eigenvalue weighted by Crippen LogP contribution is 2.12. The van der Waals surface area contributed by atoms with Crippen molar-refractivity contribution in [2.24, 2.45) is 5.10 Å². The number of carbonyl (C=O) groups excluding carboxylic acids is 2. The second-order valence-electron chi connectivity index (χ2n) is 4.58. The Hall–Kier alpha value is -3.15. The zero-order valence-electron chi connectivity index (χ0n) is 11.9. The van der Waals surface area contributed by atoms with Gasteiger partial charge in [-0.1, -0.05) is 29.8 Å². The molecule has 0 aliphatic rings. The molecule has 22 heavy (non-hydrogen) atoms. The standard InChI is InChI=1S/C16H15N3O3/c1-11-6-8-13(9-7-11)18-15(21)16(22)19-17-10-12-4-2-3-5-14(12)20/h2-10,20H,1H3,(H,18,21)(H,19,22). The lowest BCUT2D eigenvalue weighted by Crippen LogP contribution is -2.32. The second-order valence-corrected chi connectivity index (χ2v) is 4.58. The molecule has 2 aromatic carbocycles. The number of nitrogens with one attached hydrogen (secondary N) is 2. The summed E-state index contributed by atoms with van der Waals surface area (Å²) in [6.45, 7) is 1.92. The van der Waals surface area contributed by atoms with Crippen molar-refractivity contribution < 1.29 is 14.7 Å². The SMILES string of the molecule is Cc1ccc(NC(=O)C(=O)NN=Cc2ccccc2O)cc1. The summed E-state index contributed by atoms with van der Waals surface area (Å²) in [4.78, 5) is 23.3. The molecule has 0 spiro atoms. The van der Waals surface area contributed by atoms with Gasteiger partial charge in [-0.05, 0) is 31.2 Å². The maximum absolute atomic E-state index is 11.7. The molecule has 0 saturated heterocycles. The number of hydrogen-bond acceptors (Lipinski definition) is 4. The van der Waals surface area contributed by atoms with E-state index in [0.29, 0.717) is 11.3 Å². The number of phenolic OH excluding ortho intramolecular Hbond substituents is 1. The van der Waals surface area contributed by atoms with Crippen molar-refractivity contribution in [3.63, 3.8) is 0 Å². The summed E-state index contributed by atoms with van der Waals surface area (Å²) in [6, 6.07) is 13.5. The third-order valence-electron chi connectivity index (χ3n) is 2.82. The number of amides is 2. The molecule has 0 heterocycles. The van der Waals surface area contributed by atoms with E-state index in [1.165, 1.54) is 12.3 Å². The zero-order valence-corrected chi connectivity index (χ0v) is 11.9. The first kappa shape index (κ1) is 15.2. The molecular weight excluding hydrogens is 282 g/mol. The molecule has 6 nitrogen and oxygen atoms in total. The molecule has 0 bridgehead atoms. The van der Waals surface area contributed by atoms with Gasteiger partial charge in [-0.25, -0.2) is 5.43 Å². The van der Waals surface area contributed by atoms with Gasteiger partial charge in [0.25, 0.3) is 0 Å². The van der Waals surface area contributed by atoms with Crippen LogP contribution in [0.3, 0.4) is 0 Å². The van der Waals surface area contributed by atoms with Crippen LogP contribution in [0.5, 0.6) is 5.75 Å². The van der Waals surface area contributed by atoms with Gasteiger partial charge in [0, 0.05) is 11.3 Å².